The van der Waals surface area contributed by atoms with Crippen LogP contribution in [0.3, 0.4) is 0 Å². The third-order valence-corrected chi connectivity index (χ3v) is 3.09. The number of aliphatic carboxylic acids is 1. The summed E-state index contributed by atoms with van der Waals surface area (Å²) in [5.41, 5.74) is 0.983. The molecule has 1 aromatic rings. The Kier molecular flexibility index (Phi) is 5.69. The van der Waals surface area contributed by atoms with Crippen LogP contribution in [0.1, 0.15) is 33.6 Å². The summed E-state index contributed by atoms with van der Waals surface area (Å²) in [7, 11) is 0. The van der Waals surface area contributed by atoms with E-state index in [2.05, 4.69) is 20.8 Å². The van der Waals surface area contributed by atoms with Crippen LogP contribution >= 0.6 is 0 Å². The van der Waals surface area contributed by atoms with Gasteiger partial charge in [0.1, 0.15) is 6.54 Å². The molecule has 0 aliphatic heterocycles. The van der Waals surface area contributed by atoms with E-state index in [0.29, 0.717) is 5.92 Å². The van der Waals surface area contributed by atoms with Crippen LogP contribution in [0, 0.1) is 5.92 Å². The van der Waals surface area contributed by atoms with Gasteiger partial charge in [0.25, 0.3) is 0 Å². The monoisotopic (exact) mass is 249 g/mol. The maximum absolute atomic E-state index is 11.0. The highest BCUT2D eigenvalue weighted by molar-refractivity contribution is 5.74. The summed E-state index contributed by atoms with van der Waals surface area (Å²) >= 11 is 0. The number of carbonyl (C=O) groups is 1. The Balaban J connectivity index is 2.75. The number of carboxylic acids is 1. The number of anilines is 1. The van der Waals surface area contributed by atoms with Gasteiger partial charge in [-0.2, -0.15) is 0 Å². The molecule has 100 valence electrons. The summed E-state index contributed by atoms with van der Waals surface area (Å²) < 4.78 is 0. The first-order valence-corrected chi connectivity index (χ1v) is 6.54. The van der Waals surface area contributed by atoms with Crippen molar-refractivity contribution in [3.05, 3.63) is 30.3 Å². The Morgan fingerprint density at radius 3 is 2.28 bits per heavy atom. The Morgan fingerprint density at radius 1 is 1.17 bits per heavy atom. The molecule has 1 aromatic carbocycles. The lowest BCUT2D eigenvalue weighted by atomic mass is 10.0. The number of benzene rings is 1. The van der Waals surface area contributed by atoms with Gasteiger partial charge in [0.05, 0.1) is 0 Å². The number of hydrogen-bond acceptors (Lipinski definition) is 2. The highest BCUT2D eigenvalue weighted by Crippen LogP contribution is 2.20. The highest BCUT2D eigenvalue weighted by atomic mass is 16.4. The lowest BCUT2D eigenvalue weighted by Gasteiger charge is -2.30. The van der Waals surface area contributed by atoms with Crippen molar-refractivity contribution in [2.45, 2.75) is 39.7 Å². The lowest BCUT2D eigenvalue weighted by molar-refractivity contribution is -0.135. The molecule has 1 atom stereocenters. The molecular formula is C15H23NO2. The van der Waals surface area contributed by atoms with Gasteiger partial charge >= 0.3 is 5.97 Å². The van der Waals surface area contributed by atoms with Crippen molar-refractivity contribution in [3.8, 4) is 0 Å². The van der Waals surface area contributed by atoms with E-state index in [0.717, 1.165) is 18.5 Å². The normalized spacial score (nSPS) is 12.4. The van der Waals surface area contributed by atoms with Crippen molar-refractivity contribution in [3.63, 3.8) is 0 Å². The van der Waals surface area contributed by atoms with Crippen LogP contribution < -0.4 is 4.90 Å². The third kappa shape index (κ3) is 4.78. The first-order valence-electron chi connectivity index (χ1n) is 6.54. The second kappa shape index (κ2) is 7.04. The predicted molar refractivity (Wildman–Crippen MR) is 75.0 cm³/mol. The van der Waals surface area contributed by atoms with Crippen LogP contribution in [-0.2, 0) is 4.79 Å². The maximum Gasteiger partial charge on any atom is 0.323 e. The molecule has 0 fully saturated rings. The summed E-state index contributed by atoms with van der Waals surface area (Å²) in [4.78, 5) is 12.9. The largest absolute Gasteiger partial charge is 0.480 e. The van der Waals surface area contributed by atoms with Crippen molar-refractivity contribution in [1.82, 2.24) is 0 Å². The van der Waals surface area contributed by atoms with E-state index < -0.39 is 5.97 Å². The number of hydrogen-bond donors (Lipinski definition) is 1. The summed E-state index contributed by atoms with van der Waals surface area (Å²) in [5, 5.41) is 9.03. The zero-order chi connectivity index (χ0) is 13.5. The van der Waals surface area contributed by atoms with Crippen LogP contribution in [0.25, 0.3) is 0 Å². The summed E-state index contributed by atoms with van der Waals surface area (Å²) in [5.74, 6) is -0.134. The van der Waals surface area contributed by atoms with Crippen LogP contribution in [0.2, 0.25) is 0 Å². The number of rotatable bonds is 7. The van der Waals surface area contributed by atoms with Crippen molar-refractivity contribution in [2.24, 2.45) is 5.92 Å². The van der Waals surface area contributed by atoms with Gasteiger partial charge in [0, 0.05) is 11.7 Å². The van der Waals surface area contributed by atoms with E-state index in [-0.39, 0.29) is 12.6 Å². The van der Waals surface area contributed by atoms with Gasteiger partial charge in [-0.25, -0.2) is 0 Å². The second-order valence-electron chi connectivity index (χ2n) is 5.18. The fraction of sp³-hybridized carbons (Fsp3) is 0.533. The minimum atomic E-state index is -0.782. The molecule has 1 rings (SSSR count). The SMILES string of the molecule is CC(C)CCC(C)N(CC(=O)O)c1ccccc1. The van der Waals surface area contributed by atoms with Crippen molar-refractivity contribution < 1.29 is 9.90 Å². The minimum absolute atomic E-state index is 0.0588. The molecule has 3 nitrogen and oxygen atoms in total. The zero-order valence-electron chi connectivity index (χ0n) is 11.5. The molecule has 1 unspecified atom stereocenters. The van der Waals surface area contributed by atoms with Crippen LogP contribution in [-0.4, -0.2) is 23.7 Å². The second-order valence-corrected chi connectivity index (χ2v) is 5.18. The fourth-order valence-corrected chi connectivity index (χ4v) is 2.00. The highest BCUT2D eigenvalue weighted by Gasteiger charge is 2.17. The molecule has 0 bridgehead atoms. The number of carboxylic acid groups (broad SMARTS) is 1. The molecule has 0 aliphatic rings. The molecule has 18 heavy (non-hydrogen) atoms. The van der Waals surface area contributed by atoms with Gasteiger partial charge in [-0.1, -0.05) is 32.0 Å². The predicted octanol–water partition coefficient (Wildman–Crippen LogP) is 3.40. The van der Waals surface area contributed by atoms with Crippen molar-refractivity contribution in [2.75, 3.05) is 11.4 Å². The van der Waals surface area contributed by atoms with E-state index in [1.807, 2.05) is 35.2 Å². The average molecular weight is 249 g/mol. The van der Waals surface area contributed by atoms with Gasteiger partial charge in [-0.3, -0.25) is 4.79 Å². The third-order valence-electron chi connectivity index (χ3n) is 3.09. The van der Waals surface area contributed by atoms with E-state index >= 15 is 0 Å². The Morgan fingerprint density at radius 2 is 1.78 bits per heavy atom. The fourth-order valence-electron chi connectivity index (χ4n) is 2.00. The molecule has 0 radical (unpaired) electrons. The first-order chi connectivity index (χ1) is 8.50. The van der Waals surface area contributed by atoms with E-state index in [1.165, 1.54) is 0 Å². The molecule has 3 heteroatoms. The van der Waals surface area contributed by atoms with Crippen LogP contribution in [0.5, 0.6) is 0 Å². The Bertz CT molecular complexity index is 362. The van der Waals surface area contributed by atoms with Crippen molar-refractivity contribution in [1.29, 1.82) is 0 Å². The number of para-hydroxylation sites is 1. The smallest absolute Gasteiger partial charge is 0.323 e. The Hall–Kier alpha value is -1.51. The van der Waals surface area contributed by atoms with Gasteiger partial charge < -0.3 is 10.0 Å². The Labute approximate surface area is 109 Å². The van der Waals surface area contributed by atoms with Gasteiger partial charge in [-0.05, 0) is 37.8 Å². The molecule has 0 heterocycles. The quantitative estimate of drug-likeness (QED) is 0.805. The van der Waals surface area contributed by atoms with Gasteiger partial charge in [-0.15, -0.1) is 0 Å². The van der Waals surface area contributed by atoms with Crippen LogP contribution in [0.15, 0.2) is 30.3 Å². The van der Waals surface area contributed by atoms with E-state index in [1.54, 1.807) is 0 Å². The summed E-state index contributed by atoms with van der Waals surface area (Å²) in [6.07, 6.45) is 2.13. The molecule has 0 aliphatic carbocycles. The minimum Gasteiger partial charge on any atom is -0.480 e. The van der Waals surface area contributed by atoms with E-state index in [9.17, 15) is 4.79 Å². The standard InChI is InChI=1S/C15H23NO2/c1-12(2)9-10-13(3)16(11-15(17)18)14-7-5-4-6-8-14/h4-8,12-13H,9-11H2,1-3H3,(H,17,18). The van der Waals surface area contributed by atoms with E-state index in [4.69, 9.17) is 5.11 Å². The molecule has 0 saturated carbocycles. The van der Waals surface area contributed by atoms with Crippen molar-refractivity contribution >= 4 is 11.7 Å². The first kappa shape index (κ1) is 14.6. The van der Waals surface area contributed by atoms with Gasteiger partial charge in [0.15, 0.2) is 0 Å². The molecule has 0 spiro atoms. The lowest BCUT2D eigenvalue weighted by Crippen LogP contribution is -2.37. The summed E-state index contributed by atoms with van der Waals surface area (Å²) in [6, 6.07) is 10.0. The molecule has 0 amide bonds. The molecular weight excluding hydrogens is 226 g/mol. The summed E-state index contributed by atoms with van der Waals surface area (Å²) in [6.45, 7) is 6.54. The zero-order valence-corrected chi connectivity index (χ0v) is 11.5. The maximum atomic E-state index is 11.0. The average Bonchev–Trinajstić information content (AvgIpc) is 2.34. The number of nitrogens with zero attached hydrogens (tertiary/aromatic N) is 1. The van der Waals surface area contributed by atoms with Crippen LogP contribution in [0.4, 0.5) is 5.69 Å². The van der Waals surface area contributed by atoms with Gasteiger partial charge in [0.2, 0.25) is 0 Å². The molecule has 1 N–H and O–H groups in total. The molecule has 0 saturated heterocycles. The molecule has 0 aromatic heterocycles. The topological polar surface area (TPSA) is 40.5 Å².